The number of aliphatic hydroxyl groups excluding tert-OH is 1. The molecule has 0 bridgehead atoms. The molecule has 4 heterocycles. The van der Waals surface area contributed by atoms with Gasteiger partial charge in [0.1, 0.15) is 19.0 Å². The molecule has 2 aliphatic heterocycles. The van der Waals surface area contributed by atoms with Gasteiger partial charge in [-0.2, -0.15) is 0 Å². The van der Waals surface area contributed by atoms with E-state index in [1.807, 2.05) is 41.5 Å². The maximum absolute atomic E-state index is 13.3. The number of esters is 1. The summed E-state index contributed by atoms with van der Waals surface area (Å²) in [7, 11) is 0. The number of fused-ring (bicyclic) bond motifs is 5. The fourth-order valence-corrected chi connectivity index (χ4v) is 4.47. The zero-order valence-electron chi connectivity index (χ0n) is 25.4. The number of hydrogen-bond acceptors (Lipinski definition) is 9. The normalized spacial score (nSPS) is 13.7. The first kappa shape index (κ1) is 34.7. The van der Waals surface area contributed by atoms with Crippen LogP contribution in [-0.2, 0) is 38.8 Å². The third-order valence-electron chi connectivity index (χ3n) is 6.41. The number of carbonyl (C=O) groups excluding carboxylic acids is 2. The highest BCUT2D eigenvalue weighted by Gasteiger charge is 2.34. The summed E-state index contributed by atoms with van der Waals surface area (Å²) >= 11 is 0. The predicted octanol–water partition coefficient (Wildman–Crippen LogP) is 3.19. The van der Waals surface area contributed by atoms with Crippen molar-refractivity contribution in [1.82, 2.24) is 14.9 Å². The third-order valence-corrected chi connectivity index (χ3v) is 6.41. The number of aromatic nitrogens is 2. The van der Waals surface area contributed by atoms with E-state index in [9.17, 15) is 24.3 Å². The van der Waals surface area contributed by atoms with Gasteiger partial charge in [-0.1, -0.05) is 48.1 Å². The van der Waals surface area contributed by atoms with Gasteiger partial charge in [-0.25, -0.2) is 14.6 Å². The summed E-state index contributed by atoms with van der Waals surface area (Å²) < 4.78 is 12.0. The molecular formula is C31H40N4O8. The van der Waals surface area contributed by atoms with E-state index in [1.54, 1.807) is 24.3 Å². The molecule has 0 saturated carbocycles. The minimum absolute atomic E-state index is 0.0787. The monoisotopic (exact) mass is 596 g/mol. The summed E-state index contributed by atoms with van der Waals surface area (Å²) in [6.45, 7) is 15.0. The predicted molar refractivity (Wildman–Crippen MR) is 163 cm³/mol. The summed E-state index contributed by atoms with van der Waals surface area (Å²) in [5.74, 6) is -2.02. The molecule has 232 valence electrons. The molecule has 5 N–H and O–H groups in total. The first-order chi connectivity index (χ1) is 20.7. The van der Waals surface area contributed by atoms with Gasteiger partial charge >= 0.3 is 11.9 Å². The molecule has 1 unspecified atom stereocenters. The number of hydrogen-bond donors (Lipinski definition) is 4. The van der Waals surface area contributed by atoms with Crippen LogP contribution in [0.2, 0.25) is 0 Å². The zero-order chi connectivity index (χ0) is 32.4. The number of amides is 1. The Balaban J connectivity index is 0.00000101. The fraction of sp³-hybridized carbons (Fsp3) is 0.387. The van der Waals surface area contributed by atoms with Gasteiger partial charge in [0.2, 0.25) is 5.91 Å². The Morgan fingerprint density at radius 3 is 2.44 bits per heavy atom. The number of benzene rings is 1. The first-order valence-electron chi connectivity index (χ1n) is 14.3. The average molecular weight is 597 g/mol. The molecule has 0 radical (unpaired) electrons. The molecule has 12 nitrogen and oxygen atoms in total. The lowest BCUT2D eigenvalue weighted by molar-refractivity contribution is -0.157. The lowest BCUT2D eigenvalue weighted by Crippen LogP contribution is -2.32. The smallest absolute Gasteiger partial charge is 0.340 e. The highest BCUT2D eigenvalue weighted by Crippen LogP contribution is 2.38. The van der Waals surface area contributed by atoms with E-state index in [2.05, 4.69) is 11.9 Å². The van der Waals surface area contributed by atoms with Crippen LogP contribution in [-0.4, -0.2) is 50.8 Å². The number of pyridine rings is 2. The maximum Gasteiger partial charge on any atom is 0.340 e. The summed E-state index contributed by atoms with van der Waals surface area (Å²) in [4.78, 5) is 52.9. The molecule has 0 saturated heterocycles. The van der Waals surface area contributed by atoms with Crippen LogP contribution in [0.3, 0.4) is 0 Å². The van der Waals surface area contributed by atoms with Crippen molar-refractivity contribution in [3.63, 3.8) is 0 Å². The Labute approximate surface area is 250 Å². The molecule has 2 aliphatic rings. The average Bonchev–Trinajstić information content (AvgIpc) is 3.41. The van der Waals surface area contributed by atoms with E-state index < -0.39 is 23.6 Å². The van der Waals surface area contributed by atoms with Crippen molar-refractivity contribution in [2.24, 2.45) is 5.73 Å². The molecule has 0 spiro atoms. The lowest BCUT2D eigenvalue weighted by Gasteiger charge is -2.21. The second-order valence-electron chi connectivity index (χ2n) is 8.64. The van der Waals surface area contributed by atoms with Crippen LogP contribution in [0, 0.1) is 0 Å². The van der Waals surface area contributed by atoms with Crippen LogP contribution in [0.25, 0.3) is 22.3 Å². The Morgan fingerprint density at radius 2 is 1.81 bits per heavy atom. The zero-order valence-corrected chi connectivity index (χ0v) is 25.4. The number of carboxylic acids is 1. The standard InChI is InChI=1S/C25H22N4O8.3C2H6/c1-11(24(33)34)9-36-12-2-3-18-13(4-12)15(7-27-20(30)6-26)16-8-29-19(21(16)28-18)5-14-17(23(29)32)10-37-25(35)22(14)31;3*1-2/h2-5,22,31H,1,6-10,26H2,(H,27,30)(H,33,34);3*1-2H3. The van der Waals surface area contributed by atoms with E-state index >= 15 is 0 Å². The van der Waals surface area contributed by atoms with Gasteiger partial charge in [0, 0.05) is 23.1 Å². The largest absolute Gasteiger partial charge is 0.489 e. The van der Waals surface area contributed by atoms with Crippen molar-refractivity contribution in [1.29, 1.82) is 0 Å². The Hall–Kier alpha value is -4.55. The molecule has 12 heteroatoms. The Kier molecular flexibility index (Phi) is 12.6. The molecule has 5 rings (SSSR count). The summed E-state index contributed by atoms with van der Waals surface area (Å²) in [6, 6.07) is 6.54. The van der Waals surface area contributed by atoms with Gasteiger partial charge < -0.3 is 35.3 Å². The SMILES string of the molecule is C=C(COc1ccc2nc3c(c(CNC(=O)CN)c2c1)Cn1c-3cc2c(c1=O)COC(=O)C2O)C(=O)O.CC.CC.CC. The summed E-state index contributed by atoms with van der Waals surface area (Å²) in [6.07, 6.45) is -1.57. The third kappa shape index (κ3) is 7.09. The van der Waals surface area contributed by atoms with Gasteiger partial charge in [0.15, 0.2) is 6.10 Å². The topological polar surface area (TPSA) is 183 Å². The van der Waals surface area contributed by atoms with E-state index in [1.165, 1.54) is 4.57 Å². The number of aliphatic carboxylic acids is 1. The van der Waals surface area contributed by atoms with Crippen LogP contribution in [0.15, 0.2) is 41.2 Å². The summed E-state index contributed by atoms with van der Waals surface area (Å²) in [5.41, 5.74) is 8.06. The van der Waals surface area contributed by atoms with Gasteiger partial charge in [-0.05, 0) is 29.8 Å². The number of nitrogens with one attached hydrogen (secondary N) is 1. The number of carboxylic acid groups (broad SMARTS) is 1. The number of nitrogens with two attached hydrogens (primary N) is 1. The number of rotatable bonds is 7. The molecule has 2 aromatic heterocycles. The van der Waals surface area contributed by atoms with Crippen LogP contribution in [0.4, 0.5) is 0 Å². The second kappa shape index (κ2) is 15.6. The lowest BCUT2D eigenvalue weighted by atomic mass is 9.98. The molecule has 0 fully saturated rings. The first-order valence-corrected chi connectivity index (χ1v) is 14.3. The van der Waals surface area contributed by atoms with Crippen molar-refractivity contribution in [3.8, 4) is 17.1 Å². The number of ether oxygens (including phenoxy) is 2. The Bertz CT molecular complexity index is 1580. The number of aliphatic hydroxyl groups is 1. The van der Waals surface area contributed by atoms with Crippen molar-refractivity contribution in [3.05, 3.63) is 69.0 Å². The van der Waals surface area contributed by atoms with E-state index in [0.717, 1.165) is 0 Å². The van der Waals surface area contributed by atoms with Crippen LogP contribution >= 0.6 is 0 Å². The van der Waals surface area contributed by atoms with Crippen LogP contribution < -0.4 is 21.3 Å². The van der Waals surface area contributed by atoms with Gasteiger partial charge in [0.05, 0.1) is 41.1 Å². The van der Waals surface area contributed by atoms with Crippen molar-refractivity contribution < 1.29 is 34.1 Å². The Morgan fingerprint density at radius 1 is 1.14 bits per heavy atom. The van der Waals surface area contributed by atoms with Crippen LogP contribution in [0.1, 0.15) is 69.9 Å². The van der Waals surface area contributed by atoms with Gasteiger partial charge in [-0.3, -0.25) is 9.59 Å². The maximum atomic E-state index is 13.3. The molecular weight excluding hydrogens is 556 g/mol. The number of cyclic esters (lactones) is 1. The van der Waals surface area contributed by atoms with Crippen molar-refractivity contribution in [2.45, 2.75) is 67.3 Å². The highest BCUT2D eigenvalue weighted by atomic mass is 16.5. The fourth-order valence-electron chi connectivity index (χ4n) is 4.47. The van der Waals surface area contributed by atoms with E-state index in [0.29, 0.717) is 39.2 Å². The molecule has 0 aliphatic carbocycles. The van der Waals surface area contributed by atoms with E-state index in [-0.39, 0.29) is 55.5 Å². The van der Waals surface area contributed by atoms with E-state index in [4.69, 9.17) is 25.3 Å². The van der Waals surface area contributed by atoms with Crippen molar-refractivity contribution >= 4 is 28.7 Å². The van der Waals surface area contributed by atoms with Crippen molar-refractivity contribution in [2.75, 3.05) is 13.2 Å². The molecule has 1 atom stereocenters. The molecule has 1 aromatic carbocycles. The summed E-state index contributed by atoms with van der Waals surface area (Å²) in [5, 5.41) is 22.7. The van der Waals surface area contributed by atoms with Gasteiger partial charge in [0.25, 0.3) is 5.56 Å². The molecule has 1 amide bonds. The van der Waals surface area contributed by atoms with Crippen LogP contribution in [0.5, 0.6) is 5.75 Å². The molecule has 3 aromatic rings. The number of nitrogens with zero attached hydrogens (tertiary/aromatic N) is 2. The second-order valence-corrected chi connectivity index (χ2v) is 8.64. The minimum Gasteiger partial charge on any atom is -0.489 e. The van der Waals surface area contributed by atoms with Gasteiger partial charge in [-0.15, -0.1) is 0 Å². The quantitative estimate of drug-likeness (QED) is 0.183. The minimum atomic E-state index is -1.57. The number of carbonyl (C=O) groups is 3. The molecule has 43 heavy (non-hydrogen) atoms. The highest BCUT2D eigenvalue weighted by molar-refractivity contribution is 5.90.